The van der Waals surface area contributed by atoms with E-state index in [1.807, 2.05) is 0 Å². The Morgan fingerprint density at radius 1 is 1.64 bits per heavy atom. The van der Waals surface area contributed by atoms with E-state index in [1.165, 1.54) is 18.1 Å². The largest absolute Gasteiger partial charge is 0.396 e. The molecule has 1 rings (SSSR count). The van der Waals surface area contributed by atoms with Crippen molar-refractivity contribution in [2.75, 3.05) is 12.4 Å². The lowest BCUT2D eigenvalue weighted by molar-refractivity contribution is 0.322. The highest BCUT2D eigenvalue weighted by atomic mass is 79.9. The summed E-state index contributed by atoms with van der Waals surface area (Å²) in [6.45, 7) is 0.168. The normalized spacial score (nSPS) is 10.0. The molecule has 0 aliphatic heterocycles. The van der Waals surface area contributed by atoms with Crippen molar-refractivity contribution in [2.45, 2.75) is 5.03 Å². The molecule has 0 aliphatic rings. The van der Waals surface area contributed by atoms with Gasteiger partial charge in [0, 0.05) is 11.9 Å². The van der Waals surface area contributed by atoms with Crippen LogP contribution in [0.15, 0.2) is 22.0 Å². The third-order valence-corrected chi connectivity index (χ3v) is 2.79. The molecule has 0 saturated carbocycles. The van der Waals surface area contributed by atoms with E-state index in [0.717, 1.165) is 9.50 Å². The second-order valence-corrected chi connectivity index (χ2v) is 3.69. The van der Waals surface area contributed by atoms with E-state index in [1.54, 1.807) is 6.20 Å². The minimum Gasteiger partial charge on any atom is -0.396 e. The zero-order valence-electron chi connectivity index (χ0n) is 5.70. The van der Waals surface area contributed by atoms with Gasteiger partial charge in [-0.2, -0.15) is 0 Å². The highest BCUT2D eigenvalue weighted by molar-refractivity contribution is 9.10. The Hall–Kier alpha value is -0.130. The van der Waals surface area contributed by atoms with Crippen molar-refractivity contribution in [3.8, 4) is 0 Å². The Balaban J connectivity index is 2.62. The van der Waals surface area contributed by atoms with E-state index >= 15 is 0 Å². The Kier molecular flexibility index (Phi) is 3.82. The number of aliphatic hydroxyl groups is 1. The molecule has 0 amide bonds. The lowest BCUT2D eigenvalue weighted by Gasteiger charge is -1.98. The van der Waals surface area contributed by atoms with Gasteiger partial charge in [-0.05, 0) is 15.9 Å². The average molecular weight is 235 g/mol. The van der Waals surface area contributed by atoms with Gasteiger partial charge in [0.15, 0.2) is 0 Å². The van der Waals surface area contributed by atoms with Crippen LogP contribution >= 0.6 is 27.7 Å². The van der Waals surface area contributed by atoms with Crippen LogP contribution in [0.1, 0.15) is 0 Å². The van der Waals surface area contributed by atoms with Crippen LogP contribution in [0.5, 0.6) is 0 Å². The molecular formula is C6H7BrN2OS. The van der Waals surface area contributed by atoms with Crippen LogP contribution in [0, 0.1) is 0 Å². The zero-order chi connectivity index (χ0) is 8.10. The lowest BCUT2D eigenvalue weighted by Crippen LogP contribution is -1.89. The van der Waals surface area contributed by atoms with Gasteiger partial charge in [-0.25, -0.2) is 9.97 Å². The Labute approximate surface area is 77.4 Å². The summed E-state index contributed by atoms with van der Waals surface area (Å²) in [6, 6.07) is 0. The molecule has 1 aromatic heterocycles. The molecule has 0 aliphatic carbocycles. The number of aromatic nitrogens is 2. The molecule has 1 aromatic rings. The van der Waals surface area contributed by atoms with Crippen molar-refractivity contribution < 1.29 is 5.11 Å². The highest BCUT2D eigenvalue weighted by Gasteiger charge is 1.99. The van der Waals surface area contributed by atoms with Crippen molar-refractivity contribution in [1.29, 1.82) is 0 Å². The van der Waals surface area contributed by atoms with Crippen LogP contribution in [0.2, 0.25) is 0 Å². The summed E-state index contributed by atoms with van der Waals surface area (Å²) in [5.74, 6) is 0.662. The SMILES string of the molecule is OCCSc1ncncc1Br. The van der Waals surface area contributed by atoms with Crippen LogP contribution in [0.3, 0.4) is 0 Å². The monoisotopic (exact) mass is 234 g/mol. The number of nitrogens with zero attached hydrogens (tertiary/aromatic N) is 2. The fourth-order valence-corrected chi connectivity index (χ4v) is 1.71. The molecule has 60 valence electrons. The van der Waals surface area contributed by atoms with Gasteiger partial charge >= 0.3 is 0 Å². The maximum atomic E-state index is 8.54. The van der Waals surface area contributed by atoms with Crippen LogP contribution in [0.4, 0.5) is 0 Å². The minimum atomic E-state index is 0.168. The van der Waals surface area contributed by atoms with Gasteiger partial charge in [-0.3, -0.25) is 0 Å². The van der Waals surface area contributed by atoms with Gasteiger partial charge in [-0.1, -0.05) is 0 Å². The van der Waals surface area contributed by atoms with Gasteiger partial charge in [-0.15, -0.1) is 11.8 Å². The van der Waals surface area contributed by atoms with Crippen molar-refractivity contribution in [2.24, 2.45) is 0 Å². The number of rotatable bonds is 3. The van der Waals surface area contributed by atoms with Gasteiger partial charge in [0.25, 0.3) is 0 Å². The van der Waals surface area contributed by atoms with E-state index in [9.17, 15) is 0 Å². The Morgan fingerprint density at radius 3 is 3.09 bits per heavy atom. The number of aliphatic hydroxyl groups excluding tert-OH is 1. The molecule has 0 atom stereocenters. The fraction of sp³-hybridized carbons (Fsp3) is 0.333. The molecule has 0 fully saturated rings. The molecule has 0 bridgehead atoms. The average Bonchev–Trinajstić information content (AvgIpc) is 2.03. The first-order chi connectivity index (χ1) is 5.34. The summed E-state index contributed by atoms with van der Waals surface area (Å²) in [7, 11) is 0. The van der Waals surface area contributed by atoms with Crippen molar-refractivity contribution >= 4 is 27.7 Å². The van der Waals surface area contributed by atoms with Crippen LogP contribution in [-0.2, 0) is 0 Å². The highest BCUT2D eigenvalue weighted by Crippen LogP contribution is 2.22. The first-order valence-electron chi connectivity index (χ1n) is 3.03. The maximum absolute atomic E-state index is 8.54. The summed E-state index contributed by atoms with van der Waals surface area (Å²) in [4.78, 5) is 7.83. The third-order valence-electron chi connectivity index (χ3n) is 0.964. The van der Waals surface area contributed by atoms with Gasteiger partial charge in [0.2, 0.25) is 0 Å². The molecule has 0 saturated heterocycles. The van der Waals surface area contributed by atoms with Gasteiger partial charge < -0.3 is 5.11 Å². The minimum absolute atomic E-state index is 0.168. The fourth-order valence-electron chi connectivity index (χ4n) is 0.550. The molecule has 1 N–H and O–H groups in total. The smallest absolute Gasteiger partial charge is 0.116 e. The zero-order valence-corrected chi connectivity index (χ0v) is 8.10. The molecule has 0 unspecified atom stereocenters. The van der Waals surface area contributed by atoms with Crippen molar-refractivity contribution in [3.05, 3.63) is 17.0 Å². The molecule has 0 spiro atoms. The predicted molar refractivity (Wildman–Crippen MR) is 47.5 cm³/mol. The predicted octanol–water partition coefficient (Wildman–Crippen LogP) is 1.32. The van der Waals surface area contributed by atoms with Crippen molar-refractivity contribution in [1.82, 2.24) is 9.97 Å². The van der Waals surface area contributed by atoms with E-state index in [-0.39, 0.29) is 6.61 Å². The summed E-state index contributed by atoms with van der Waals surface area (Å²) < 4.78 is 0.874. The van der Waals surface area contributed by atoms with E-state index < -0.39 is 0 Å². The molecule has 1 heterocycles. The summed E-state index contributed by atoms with van der Waals surface area (Å²) in [6.07, 6.45) is 3.18. The first-order valence-corrected chi connectivity index (χ1v) is 4.81. The summed E-state index contributed by atoms with van der Waals surface area (Å²) in [5, 5.41) is 9.41. The second-order valence-electron chi connectivity index (χ2n) is 1.75. The second kappa shape index (κ2) is 4.69. The standard InChI is InChI=1S/C6H7BrN2OS/c7-5-3-8-4-9-6(5)11-2-1-10/h3-4,10H,1-2H2. The lowest BCUT2D eigenvalue weighted by atomic mass is 10.7. The molecular weight excluding hydrogens is 228 g/mol. The van der Waals surface area contributed by atoms with Crippen molar-refractivity contribution in [3.63, 3.8) is 0 Å². The van der Waals surface area contributed by atoms with Gasteiger partial charge in [0.1, 0.15) is 11.4 Å². The molecule has 3 nitrogen and oxygen atoms in total. The van der Waals surface area contributed by atoms with E-state index in [2.05, 4.69) is 25.9 Å². The molecule has 11 heavy (non-hydrogen) atoms. The maximum Gasteiger partial charge on any atom is 0.116 e. The van der Waals surface area contributed by atoms with Crippen LogP contribution < -0.4 is 0 Å². The third kappa shape index (κ3) is 2.76. The number of thioether (sulfide) groups is 1. The number of halogens is 1. The molecule has 0 radical (unpaired) electrons. The van der Waals surface area contributed by atoms with Crippen LogP contribution in [0.25, 0.3) is 0 Å². The van der Waals surface area contributed by atoms with Crippen LogP contribution in [-0.4, -0.2) is 27.4 Å². The van der Waals surface area contributed by atoms with E-state index in [4.69, 9.17) is 5.11 Å². The number of hydrogen-bond acceptors (Lipinski definition) is 4. The summed E-state index contributed by atoms with van der Waals surface area (Å²) in [5.41, 5.74) is 0. The number of hydrogen-bond donors (Lipinski definition) is 1. The molecule has 5 heteroatoms. The summed E-state index contributed by atoms with van der Waals surface area (Å²) >= 11 is 4.80. The van der Waals surface area contributed by atoms with Gasteiger partial charge in [0.05, 0.1) is 11.1 Å². The van der Waals surface area contributed by atoms with E-state index in [0.29, 0.717) is 5.75 Å². The first kappa shape index (κ1) is 8.96. The quantitative estimate of drug-likeness (QED) is 0.634. The Bertz CT molecular complexity index is 234. The Morgan fingerprint density at radius 2 is 2.45 bits per heavy atom. The molecule has 0 aromatic carbocycles. The topological polar surface area (TPSA) is 46.0 Å².